The molecule has 1 saturated heterocycles. The molecule has 1 amide bonds. The third-order valence-electron chi connectivity index (χ3n) is 5.07. The molecule has 2 aromatic carbocycles. The number of nitrogens with zero attached hydrogens (tertiary/aromatic N) is 2. The van der Waals surface area contributed by atoms with E-state index in [0.717, 1.165) is 42.3 Å². The molecular formula is C24H32FIN4O2. The number of amides is 1. The van der Waals surface area contributed by atoms with E-state index < -0.39 is 0 Å². The van der Waals surface area contributed by atoms with E-state index in [9.17, 15) is 9.18 Å². The maximum atomic E-state index is 13.3. The van der Waals surface area contributed by atoms with Gasteiger partial charge in [-0.25, -0.2) is 4.39 Å². The number of hydrogen-bond donors (Lipinski definition) is 2. The zero-order valence-corrected chi connectivity index (χ0v) is 21.1. The standard InChI is InChI=1S/C24H31FN4O2.HI/c1-4-26-24(27-14-13-19-5-11-22(12-6-19)28-18(3)30)29-15-17(2)31-23(16-29)20-7-9-21(25)10-8-20;/h5-12,17,23H,4,13-16H2,1-3H3,(H,26,27)(H,28,30);1H. The first-order valence-corrected chi connectivity index (χ1v) is 10.7. The second-order valence-electron chi connectivity index (χ2n) is 7.76. The van der Waals surface area contributed by atoms with Crippen LogP contribution in [0.25, 0.3) is 0 Å². The SMILES string of the molecule is CCNC(=NCCc1ccc(NC(C)=O)cc1)N1CC(C)OC(c2ccc(F)cc2)C1.I. The van der Waals surface area contributed by atoms with Crippen LogP contribution in [-0.4, -0.2) is 49.0 Å². The van der Waals surface area contributed by atoms with Crippen molar-refractivity contribution in [1.82, 2.24) is 10.2 Å². The van der Waals surface area contributed by atoms with Crippen LogP contribution in [-0.2, 0) is 16.0 Å². The molecule has 3 rings (SSSR count). The van der Waals surface area contributed by atoms with Gasteiger partial charge < -0.3 is 20.3 Å². The van der Waals surface area contributed by atoms with Gasteiger partial charge in [0.15, 0.2) is 5.96 Å². The Hall–Kier alpha value is -2.20. The fourth-order valence-electron chi connectivity index (χ4n) is 3.66. The Labute approximate surface area is 206 Å². The number of aliphatic imine (C=N–C) groups is 1. The quantitative estimate of drug-likeness (QED) is 0.316. The number of halogens is 2. The molecule has 0 aliphatic carbocycles. The molecule has 2 atom stereocenters. The molecule has 0 spiro atoms. The summed E-state index contributed by atoms with van der Waals surface area (Å²) in [6.45, 7) is 8.42. The fraction of sp³-hybridized carbons (Fsp3) is 0.417. The molecular weight excluding hydrogens is 522 g/mol. The monoisotopic (exact) mass is 554 g/mol. The zero-order chi connectivity index (χ0) is 22.2. The van der Waals surface area contributed by atoms with Crippen molar-refractivity contribution in [2.45, 2.75) is 39.4 Å². The Kier molecular flexibility index (Phi) is 10.4. The van der Waals surface area contributed by atoms with Gasteiger partial charge in [0.05, 0.1) is 12.6 Å². The summed E-state index contributed by atoms with van der Waals surface area (Å²) >= 11 is 0. The highest BCUT2D eigenvalue weighted by Gasteiger charge is 2.28. The predicted molar refractivity (Wildman–Crippen MR) is 137 cm³/mol. The third kappa shape index (κ3) is 7.74. The number of guanidine groups is 1. The number of carbonyl (C=O) groups excluding carboxylic acids is 1. The highest BCUT2D eigenvalue weighted by atomic mass is 127. The van der Waals surface area contributed by atoms with E-state index in [1.54, 1.807) is 12.1 Å². The minimum atomic E-state index is -0.246. The lowest BCUT2D eigenvalue weighted by Crippen LogP contribution is -2.50. The number of hydrogen-bond acceptors (Lipinski definition) is 3. The van der Waals surface area contributed by atoms with Gasteiger partial charge in [-0.05, 0) is 55.7 Å². The van der Waals surface area contributed by atoms with E-state index in [1.807, 2.05) is 31.2 Å². The Bertz CT molecular complexity index is 890. The fourth-order valence-corrected chi connectivity index (χ4v) is 3.66. The van der Waals surface area contributed by atoms with Gasteiger partial charge in [-0.3, -0.25) is 9.79 Å². The van der Waals surface area contributed by atoms with Crippen LogP contribution in [0.5, 0.6) is 0 Å². The minimum Gasteiger partial charge on any atom is -0.367 e. The maximum absolute atomic E-state index is 13.3. The molecule has 2 aromatic rings. The number of nitrogens with one attached hydrogen (secondary N) is 2. The van der Waals surface area contributed by atoms with Crippen LogP contribution in [0.4, 0.5) is 10.1 Å². The van der Waals surface area contributed by atoms with E-state index in [0.29, 0.717) is 13.1 Å². The number of morpholine rings is 1. The molecule has 8 heteroatoms. The zero-order valence-electron chi connectivity index (χ0n) is 18.8. The molecule has 0 bridgehead atoms. The first-order chi connectivity index (χ1) is 14.9. The minimum absolute atomic E-state index is 0. The van der Waals surface area contributed by atoms with Crippen LogP contribution in [0.1, 0.15) is 38.0 Å². The van der Waals surface area contributed by atoms with Crippen molar-refractivity contribution in [3.05, 3.63) is 65.5 Å². The highest BCUT2D eigenvalue weighted by Crippen LogP contribution is 2.25. The van der Waals surface area contributed by atoms with Gasteiger partial charge in [-0.15, -0.1) is 24.0 Å². The molecule has 0 aromatic heterocycles. The molecule has 1 aliphatic rings. The maximum Gasteiger partial charge on any atom is 0.221 e. The molecule has 2 N–H and O–H groups in total. The first kappa shape index (κ1) is 26.1. The van der Waals surface area contributed by atoms with Gasteiger partial charge in [0, 0.05) is 32.2 Å². The predicted octanol–water partition coefficient (Wildman–Crippen LogP) is 4.37. The second kappa shape index (κ2) is 12.7. The van der Waals surface area contributed by atoms with Crippen molar-refractivity contribution in [2.24, 2.45) is 4.99 Å². The summed E-state index contributed by atoms with van der Waals surface area (Å²) in [6.07, 6.45) is 0.708. The average molecular weight is 554 g/mol. The lowest BCUT2D eigenvalue weighted by atomic mass is 10.1. The summed E-state index contributed by atoms with van der Waals surface area (Å²) in [4.78, 5) is 18.2. The second-order valence-corrected chi connectivity index (χ2v) is 7.76. The summed E-state index contributed by atoms with van der Waals surface area (Å²) in [7, 11) is 0. The number of carbonyl (C=O) groups is 1. The van der Waals surface area contributed by atoms with Crippen LogP contribution in [0, 0.1) is 5.82 Å². The van der Waals surface area contributed by atoms with Crippen molar-refractivity contribution in [3.8, 4) is 0 Å². The van der Waals surface area contributed by atoms with Crippen LogP contribution in [0.2, 0.25) is 0 Å². The Morgan fingerprint density at radius 1 is 1.16 bits per heavy atom. The van der Waals surface area contributed by atoms with Crippen LogP contribution in [0.15, 0.2) is 53.5 Å². The summed E-state index contributed by atoms with van der Waals surface area (Å²) in [5.74, 6) is 0.537. The molecule has 6 nitrogen and oxygen atoms in total. The average Bonchev–Trinajstić information content (AvgIpc) is 2.74. The van der Waals surface area contributed by atoms with Gasteiger partial charge in [-0.2, -0.15) is 0 Å². The van der Waals surface area contributed by atoms with Crippen molar-refractivity contribution in [1.29, 1.82) is 0 Å². The van der Waals surface area contributed by atoms with E-state index >= 15 is 0 Å². The van der Waals surface area contributed by atoms with Gasteiger partial charge >= 0.3 is 0 Å². The van der Waals surface area contributed by atoms with Crippen molar-refractivity contribution in [3.63, 3.8) is 0 Å². The van der Waals surface area contributed by atoms with Gasteiger partial charge in [0.25, 0.3) is 0 Å². The number of benzene rings is 2. The number of rotatable bonds is 6. The van der Waals surface area contributed by atoms with Crippen molar-refractivity contribution >= 4 is 41.5 Å². The molecule has 174 valence electrons. The molecule has 1 fully saturated rings. The lowest BCUT2D eigenvalue weighted by Gasteiger charge is -2.38. The normalized spacial score (nSPS) is 18.6. The molecule has 2 unspecified atom stereocenters. The smallest absolute Gasteiger partial charge is 0.221 e. The molecule has 1 heterocycles. The molecule has 32 heavy (non-hydrogen) atoms. The Morgan fingerprint density at radius 3 is 2.47 bits per heavy atom. The lowest BCUT2D eigenvalue weighted by molar-refractivity contribution is -0.114. The van der Waals surface area contributed by atoms with Crippen LogP contribution in [0.3, 0.4) is 0 Å². The van der Waals surface area contributed by atoms with Crippen molar-refractivity contribution in [2.75, 3.05) is 31.5 Å². The molecule has 1 aliphatic heterocycles. The van der Waals surface area contributed by atoms with Gasteiger partial charge in [0.1, 0.15) is 11.9 Å². The van der Waals surface area contributed by atoms with Gasteiger partial charge in [-0.1, -0.05) is 24.3 Å². The van der Waals surface area contributed by atoms with Crippen LogP contribution >= 0.6 is 24.0 Å². The van der Waals surface area contributed by atoms with E-state index in [4.69, 9.17) is 9.73 Å². The summed E-state index contributed by atoms with van der Waals surface area (Å²) < 4.78 is 19.4. The first-order valence-electron chi connectivity index (χ1n) is 10.7. The summed E-state index contributed by atoms with van der Waals surface area (Å²) in [5.41, 5.74) is 2.92. The van der Waals surface area contributed by atoms with E-state index in [1.165, 1.54) is 19.1 Å². The van der Waals surface area contributed by atoms with Gasteiger partial charge in [0.2, 0.25) is 5.91 Å². The summed E-state index contributed by atoms with van der Waals surface area (Å²) in [6, 6.07) is 14.3. The molecule has 0 saturated carbocycles. The van der Waals surface area contributed by atoms with Crippen LogP contribution < -0.4 is 10.6 Å². The highest BCUT2D eigenvalue weighted by molar-refractivity contribution is 14.0. The Morgan fingerprint density at radius 2 is 1.84 bits per heavy atom. The number of anilines is 1. The third-order valence-corrected chi connectivity index (χ3v) is 5.07. The van der Waals surface area contributed by atoms with Crippen molar-refractivity contribution < 1.29 is 13.9 Å². The summed E-state index contributed by atoms with van der Waals surface area (Å²) in [5, 5.41) is 6.16. The van der Waals surface area contributed by atoms with E-state index in [2.05, 4.69) is 22.5 Å². The largest absolute Gasteiger partial charge is 0.367 e. The Balaban J connectivity index is 0.00000363. The molecule has 0 radical (unpaired) electrons. The topological polar surface area (TPSA) is 66.0 Å². The van der Waals surface area contributed by atoms with E-state index in [-0.39, 0.29) is 47.9 Å². The number of ether oxygens (including phenoxy) is 1.